The molecule has 0 bridgehead atoms. The van der Waals surface area contributed by atoms with Gasteiger partial charge >= 0.3 is 0 Å². The molecule has 1 N–H and O–H groups in total. The molecular weight excluding hydrogens is 348 g/mol. The molecular formula is C21H25F2N3O. The lowest BCUT2D eigenvalue weighted by molar-refractivity contribution is -0.117. The summed E-state index contributed by atoms with van der Waals surface area (Å²) in [6.07, 6.45) is 3.67. The predicted octanol–water partition coefficient (Wildman–Crippen LogP) is 4.03. The highest BCUT2D eigenvalue weighted by Gasteiger charge is 2.16. The van der Waals surface area contributed by atoms with Crippen LogP contribution in [0.3, 0.4) is 0 Å². The first-order valence-corrected chi connectivity index (χ1v) is 9.29. The Bertz CT molecular complexity index is 791. The van der Waals surface area contributed by atoms with Crippen molar-refractivity contribution in [3.05, 3.63) is 59.7 Å². The Hall–Kier alpha value is -2.47. The highest BCUT2D eigenvalue weighted by atomic mass is 19.1. The van der Waals surface area contributed by atoms with Crippen molar-refractivity contribution >= 4 is 17.3 Å². The largest absolute Gasteiger partial charge is 0.371 e. The molecule has 3 rings (SSSR count). The van der Waals surface area contributed by atoms with Gasteiger partial charge in [0.15, 0.2) is 0 Å². The summed E-state index contributed by atoms with van der Waals surface area (Å²) in [4.78, 5) is 16.5. The molecule has 0 aliphatic carbocycles. The van der Waals surface area contributed by atoms with Crippen LogP contribution >= 0.6 is 0 Å². The van der Waals surface area contributed by atoms with Gasteiger partial charge in [-0.25, -0.2) is 8.78 Å². The summed E-state index contributed by atoms with van der Waals surface area (Å²) < 4.78 is 26.9. The van der Waals surface area contributed by atoms with Crippen molar-refractivity contribution in [2.75, 3.05) is 36.9 Å². The van der Waals surface area contributed by atoms with Crippen LogP contribution in [0.2, 0.25) is 0 Å². The summed E-state index contributed by atoms with van der Waals surface area (Å²) in [5.41, 5.74) is 2.23. The second kappa shape index (κ2) is 8.95. The Kier molecular flexibility index (Phi) is 6.40. The fourth-order valence-electron chi connectivity index (χ4n) is 3.46. The van der Waals surface area contributed by atoms with E-state index in [-0.39, 0.29) is 18.1 Å². The third-order valence-electron chi connectivity index (χ3n) is 4.74. The van der Waals surface area contributed by atoms with Crippen molar-refractivity contribution in [2.24, 2.45) is 0 Å². The molecule has 1 aliphatic heterocycles. The number of hydrogen-bond donors (Lipinski definition) is 1. The molecule has 0 radical (unpaired) electrons. The molecule has 2 aromatic carbocycles. The van der Waals surface area contributed by atoms with E-state index in [4.69, 9.17) is 0 Å². The number of likely N-dealkylation sites (N-methyl/N-ethyl adjacent to an activating group) is 1. The van der Waals surface area contributed by atoms with E-state index in [0.717, 1.165) is 36.9 Å². The fourth-order valence-corrected chi connectivity index (χ4v) is 3.46. The van der Waals surface area contributed by atoms with Crippen LogP contribution in [0.4, 0.5) is 20.2 Å². The van der Waals surface area contributed by atoms with E-state index >= 15 is 0 Å². The normalized spacial score (nSPS) is 14.4. The van der Waals surface area contributed by atoms with E-state index in [0.29, 0.717) is 6.54 Å². The average Bonchev–Trinajstić information content (AvgIpc) is 2.65. The second-order valence-corrected chi connectivity index (χ2v) is 7.02. The minimum atomic E-state index is -0.650. The third kappa shape index (κ3) is 5.26. The van der Waals surface area contributed by atoms with Gasteiger partial charge < -0.3 is 10.2 Å². The molecule has 4 nitrogen and oxygen atoms in total. The van der Waals surface area contributed by atoms with Gasteiger partial charge in [-0.15, -0.1) is 0 Å². The Morgan fingerprint density at radius 3 is 2.63 bits per heavy atom. The van der Waals surface area contributed by atoms with Crippen molar-refractivity contribution < 1.29 is 13.6 Å². The van der Waals surface area contributed by atoms with Gasteiger partial charge in [-0.1, -0.05) is 18.2 Å². The quantitative estimate of drug-likeness (QED) is 0.831. The SMILES string of the molecule is CN(CC(=O)Nc1cc(F)ccc1F)Cc1ccccc1N1CCCCC1. The standard InChI is InChI=1S/C21H25F2N3O/c1-25(15-21(27)24-19-13-17(22)9-10-18(19)23)14-16-7-3-4-8-20(16)26-11-5-2-6-12-26/h3-4,7-10,13H,2,5-6,11-12,14-15H2,1H3,(H,24,27). The Balaban J connectivity index is 1.61. The van der Waals surface area contributed by atoms with Gasteiger partial charge in [-0.05, 0) is 50.1 Å². The molecule has 0 unspecified atom stereocenters. The second-order valence-electron chi connectivity index (χ2n) is 7.02. The van der Waals surface area contributed by atoms with Crippen molar-refractivity contribution in [1.29, 1.82) is 0 Å². The van der Waals surface area contributed by atoms with Crippen LogP contribution in [0.1, 0.15) is 24.8 Å². The summed E-state index contributed by atoms with van der Waals surface area (Å²) in [7, 11) is 1.84. The topological polar surface area (TPSA) is 35.6 Å². The van der Waals surface area contributed by atoms with E-state index < -0.39 is 11.6 Å². The number of halogens is 2. The lowest BCUT2D eigenvalue weighted by atomic mass is 10.1. The molecule has 27 heavy (non-hydrogen) atoms. The van der Waals surface area contributed by atoms with Crippen molar-refractivity contribution in [1.82, 2.24) is 4.90 Å². The van der Waals surface area contributed by atoms with Crippen LogP contribution in [0.25, 0.3) is 0 Å². The number of rotatable bonds is 6. The maximum Gasteiger partial charge on any atom is 0.238 e. The average molecular weight is 373 g/mol. The monoisotopic (exact) mass is 373 g/mol. The van der Waals surface area contributed by atoms with Gasteiger partial charge in [0.25, 0.3) is 0 Å². The third-order valence-corrected chi connectivity index (χ3v) is 4.74. The maximum atomic E-state index is 13.7. The van der Waals surface area contributed by atoms with Crippen LogP contribution in [-0.2, 0) is 11.3 Å². The number of anilines is 2. The van der Waals surface area contributed by atoms with Crippen molar-refractivity contribution in [3.8, 4) is 0 Å². The highest BCUT2D eigenvalue weighted by Crippen LogP contribution is 2.25. The van der Waals surface area contributed by atoms with Gasteiger partial charge in [0.1, 0.15) is 11.6 Å². The van der Waals surface area contributed by atoms with Gasteiger partial charge in [0, 0.05) is 31.4 Å². The summed E-state index contributed by atoms with van der Waals surface area (Å²) in [6.45, 7) is 2.80. The van der Waals surface area contributed by atoms with Gasteiger partial charge in [0.05, 0.1) is 12.2 Å². The van der Waals surface area contributed by atoms with Crippen LogP contribution in [0.5, 0.6) is 0 Å². The lowest BCUT2D eigenvalue weighted by Crippen LogP contribution is -2.33. The Labute approximate surface area is 158 Å². The van der Waals surface area contributed by atoms with Crippen LogP contribution in [0.15, 0.2) is 42.5 Å². The summed E-state index contributed by atoms with van der Waals surface area (Å²) in [5.74, 6) is -1.61. The predicted molar refractivity (Wildman–Crippen MR) is 104 cm³/mol. The first-order chi connectivity index (χ1) is 13.0. The van der Waals surface area contributed by atoms with Crippen LogP contribution in [-0.4, -0.2) is 37.5 Å². The molecule has 0 atom stereocenters. The van der Waals surface area contributed by atoms with Crippen molar-refractivity contribution in [2.45, 2.75) is 25.8 Å². The van der Waals surface area contributed by atoms with E-state index in [1.54, 1.807) is 0 Å². The summed E-state index contributed by atoms with van der Waals surface area (Å²) in [6, 6.07) is 11.2. The highest BCUT2D eigenvalue weighted by molar-refractivity contribution is 5.92. The molecule has 1 amide bonds. The number of nitrogens with one attached hydrogen (secondary N) is 1. The molecule has 1 saturated heterocycles. The van der Waals surface area contributed by atoms with E-state index in [2.05, 4.69) is 22.3 Å². The molecule has 2 aromatic rings. The molecule has 1 fully saturated rings. The molecule has 1 heterocycles. The lowest BCUT2D eigenvalue weighted by Gasteiger charge is -2.31. The smallest absolute Gasteiger partial charge is 0.238 e. The molecule has 1 aliphatic rings. The maximum absolute atomic E-state index is 13.7. The number of amides is 1. The van der Waals surface area contributed by atoms with Gasteiger partial charge in [-0.3, -0.25) is 9.69 Å². The number of benzene rings is 2. The zero-order chi connectivity index (χ0) is 19.2. The van der Waals surface area contributed by atoms with E-state index in [1.807, 2.05) is 24.1 Å². The van der Waals surface area contributed by atoms with Crippen molar-refractivity contribution in [3.63, 3.8) is 0 Å². The number of para-hydroxylation sites is 1. The number of nitrogens with zero attached hydrogens (tertiary/aromatic N) is 2. The Morgan fingerprint density at radius 1 is 1.11 bits per heavy atom. The Morgan fingerprint density at radius 2 is 1.85 bits per heavy atom. The van der Waals surface area contributed by atoms with E-state index in [9.17, 15) is 13.6 Å². The summed E-state index contributed by atoms with van der Waals surface area (Å²) in [5, 5.41) is 2.44. The molecule has 144 valence electrons. The summed E-state index contributed by atoms with van der Waals surface area (Å²) >= 11 is 0. The molecule has 0 saturated carbocycles. The minimum Gasteiger partial charge on any atom is -0.371 e. The molecule has 0 aromatic heterocycles. The number of piperidine rings is 1. The van der Waals surface area contributed by atoms with E-state index in [1.165, 1.54) is 24.9 Å². The first-order valence-electron chi connectivity index (χ1n) is 9.29. The molecule has 6 heteroatoms. The number of carbonyl (C=O) groups excluding carboxylic acids is 1. The fraction of sp³-hybridized carbons (Fsp3) is 0.381. The zero-order valence-electron chi connectivity index (χ0n) is 15.5. The molecule has 0 spiro atoms. The minimum absolute atomic E-state index is 0.0876. The number of hydrogen-bond acceptors (Lipinski definition) is 3. The first kappa shape index (κ1) is 19.3. The van der Waals surface area contributed by atoms with Gasteiger partial charge in [0.2, 0.25) is 5.91 Å². The number of carbonyl (C=O) groups is 1. The van der Waals surface area contributed by atoms with Gasteiger partial charge in [-0.2, -0.15) is 0 Å². The zero-order valence-corrected chi connectivity index (χ0v) is 15.5. The van der Waals surface area contributed by atoms with Crippen LogP contribution < -0.4 is 10.2 Å². The van der Waals surface area contributed by atoms with Crippen LogP contribution in [0, 0.1) is 11.6 Å².